The van der Waals surface area contributed by atoms with Crippen molar-refractivity contribution < 1.29 is 9.53 Å². The molecule has 2 heterocycles. The van der Waals surface area contributed by atoms with Gasteiger partial charge < -0.3 is 19.5 Å². The van der Waals surface area contributed by atoms with E-state index in [9.17, 15) is 4.79 Å². The van der Waals surface area contributed by atoms with Gasteiger partial charge in [-0.25, -0.2) is 4.98 Å². The normalized spacial score (nSPS) is 10.8. The van der Waals surface area contributed by atoms with E-state index in [0.717, 1.165) is 35.0 Å². The Hall–Kier alpha value is -3.90. The van der Waals surface area contributed by atoms with Crippen LogP contribution in [-0.2, 0) is 4.74 Å². The second kappa shape index (κ2) is 10.1. The number of hydrogen-bond donors (Lipinski definition) is 1. The number of carbonyl (C=O) groups is 1. The van der Waals surface area contributed by atoms with Crippen LogP contribution in [0.15, 0.2) is 85.1 Å². The highest BCUT2D eigenvalue weighted by Gasteiger charge is 2.20. The highest BCUT2D eigenvalue weighted by Crippen LogP contribution is 2.30. The van der Waals surface area contributed by atoms with E-state index < -0.39 is 0 Å². The maximum atomic E-state index is 13.2. The van der Waals surface area contributed by atoms with Crippen LogP contribution in [0.1, 0.15) is 16.1 Å². The summed E-state index contributed by atoms with van der Waals surface area (Å²) in [6.45, 7) is 3.34. The molecule has 2 aromatic carbocycles. The molecule has 0 bridgehead atoms. The zero-order chi connectivity index (χ0) is 23.2. The molecule has 0 unspecified atom stereocenters. The van der Waals surface area contributed by atoms with Crippen molar-refractivity contribution in [2.45, 2.75) is 6.92 Å². The number of para-hydroxylation sites is 1. The standard InChI is InChI=1S/C27H28N4O2/c1-20-24(27(32)29-22-14-15-26(28-19-22)30(2)16-17-33-3)18-25(21-10-6-4-7-11-21)31(20)23-12-8-5-9-13-23/h4-15,18-19H,16-17H2,1-3H3,(H,29,32). The van der Waals surface area contributed by atoms with Gasteiger partial charge in [-0.15, -0.1) is 0 Å². The number of nitrogens with zero attached hydrogens (tertiary/aromatic N) is 3. The summed E-state index contributed by atoms with van der Waals surface area (Å²) in [5, 5.41) is 2.99. The smallest absolute Gasteiger partial charge is 0.257 e. The number of nitrogens with one attached hydrogen (secondary N) is 1. The Kier molecular flexibility index (Phi) is 6.86. The lowest BCUT2D eigenvalue weighted by molar-refractivity contribution is 0.102. The topological polar surface area (TPSA) is 59.4 Å². The summed E-state index contributed by atoms with van der Waals surface area (Å²) < 4.78 is 7.24. The number of carbonyl (C=O) groups excluding carboxylic acids is 1. The second-order valence-corrected chi connectivity index (χ2v) is 7.84. The molecule has 6 nitrogen and oxygen atoms in total. The number of rotatable bonds is 8. The lowest BCUT2D eigenvalue weighted by Gasteiger charge is -2.17. The molecule has 0 atom stereocenters. The summed E-state index contributed by atoms with van der Waals surface area (Å²) in [5.74, 6) is 0.657. The van der Waals surface area contributed by atoms with Gasteiger partial charge in [-0.05, 0) is 42.8 Å². The van der Waals surface area contributed by atoms with Crippen molar-refractivity contribution >= 4 is 17.4 Å². The van der Waals surface area contributed by atoms with Crippen molar-refractivity contribution in [3.63, 3.8) is 0 Å². The highest BCUT2D eigenvalue weighted by atomic mass is 16.5. The van der Waals surface area contributed by atoms with Gasteiger partial charge in [0.25, 0.3) is 5.91 Å². The third-order valence-corrected chi connectivity index (χ3v) is 5.60. The van der Waals surface area contributed by atoms with Crippen LogP contribution in [0.4, 0.5) is 11.5 Å². The Bertz CT molecular complexity index is 1200. The molecule has 4 rings (SSSR count). The molecular weight excluding hydrogens is 412 g/mol. The minimum Gasteiger partial charge on any atom is -0.383 e. The minimum atomic E-state index is -0.165. The number of ether oxygens (including phenoxy) is 1. The molecule has 0 saturated heterocycles. The van der Waals surface area contributed by atoms with Crippen molar-refractivity contribution in [1.29, 1.82) is 0 Å². The Balaban J connectivity index is 1.63. The lowest BCUT2D eigenvalue weighted by Crippen LogP contribution is -2.23. The fraction of sp³-hybridized carbons (Fsp3) is 0.185. The van der Waals surface area contributed by atoms with E-state index in [1.54, 1.807) is 13.3 Å². The summed E-state index contributed by atoms with van der Waals surface area (Å²) in [6, 6.07) is 25.9. The lowest BCUT2D eigenvalue weighted by atomic mass is 10.1. The zero-order valence-electron chi connectivity index (χ0n) is 19.2. The van der Waals surface area contributed by atoms with E-state index in [1.807, 2.05) is 85.6 Å². The fourth-order valence-corrected chi connectivity index (χ4v) is 3.79. The number of likely N-dealkylation sites (N-methyl/N-ethyl adjacent to an activating group) is 1. The molecule has 0 saturated carbocycles. The molecule has 33 heavy (non-hydrogen) atoms. The largest absolute Gasteiger partial charge is 0.383 e. The molecule has 0 aliphatic carbocycles. The predicted molar refractivity (Wildman–Crippen MR) is 133 cm³/mol. The Morgan fingerprint density at radius 3 is 2.36 bits per heavy atom. The van der Waals surface area contributed by atoms with Gasteiger partial charge in [0.1, 0.15) is 5.82 Å². The third kappa shape index (κ3) is 4.96. The van der Waals surface area contributed by atoms with E-state index in [2.05, 4.69) is 27.0 Å². The number of amides is 1. The molecule has 0 spiro atoms. The summed E-state index contributed by atoms with van der Waals surface area (Å²) in [6.07, 6.45) is 1.68. The highest BCUT2D eigenvalue weighted by molar-refractivity contribution is 6.06. The Morgan fingerprint density at radius 1 is 1.03 bits per heavy atom. The molecule has 2 aromatic heterocycles. The number of methoxy groups -OCH3 is 1. The minimum absolute atomic E-state index is 0.165. The van der Waals surface area contributed by atoms with Crippen LogP contribution in [0.3, 0.4) is 0 Å². The van der Waals surface area contributed by atoms with Gasteiger partial charge in [0.15, 0.2) is 0 Å². The van der Waals surface area contributed by atoms with Gasteiger partial charge in [-0.3, -0.25) is 4.79 Å². The van der Waals surface area contributed by atoms with Gasteiger partial charge in [-0.1, -0.05) is 48.5 Å². The first-order valence-corrected chi connectivity index (χ1v) is 10.9. The summed E-state index contributed by atoms with van der Waals surface area (Å²) >= 11 is 0. The molecule has 0 fully saturated rings. The van der Waals surface area contributed by atoms with Crippen molar-refractivity contribution in [2.75, 3.05) is 37.5 Å². The van der Waals surface area contributed by atoms with Crippen LogP contribution < -0.4 is 10.2 Å². The van der Waals surface area contributed by atoms with Gasteiger partial charge >= 0.3 is 0 Å². The third-order valence-electron chi connectivity index (χ3n) is 5.60. The average Bonchev–Trinajstić information content (AvgIpc) is 3.21. The van der Waals surface area contributed by atoms with Gasteiger partial charge in [0.2, 0.25) is 0 Å². The predicted octanol–water partition coefficient (Wildman–Crippen LogP) is 5.18. The van der Waals surface area contributed by atoms with E-state index in [4.69, 9.17) is 4.74 Å². The second-order valence-electron chi connectivity index (χ2n) is 7.84. The van der Waals surface area contributed by atoms with Crippen molar-refractivity contribution in [3.8, 4) is 16.9 Å². The van der Waals surface area contributed by atoms with Crippen molar-refractivity contribution in [2.24, 2.45) is 0 Å². The van der Waals surface area contributed by atoms with E-state index in [-0.39, 0.29) is 5.91 Å². The molecular formula is C27H28N4O2. The molecule has 168 valence electrons. The number of hydrogen-bond acceptors (Lipinski definition) is 4. The quantitative estimate of drug-likeness (QED) is 0.410. The van der Waals surface area contributed by atoms with Crippen LogP contribution in [-0.4, -0.2) is 42.8 Å². The number of benzene rings is 2. The average molecular weight is 441 g/mol. The molecule has 6 heteroatoms. The number of pyridine rings is 1. The van der Waals surface area contributed by atoms with E-state index in [0.29, 0.717) is 17.9 Å². The van der Waals surface area contributed by atoms with Gasteiger partial charge in [-0.2, -0.15) is 0 Å². The molecule has 1 amide bonds. The fourth-order valence-electron chi connectivity index (χ4n) is 3.79. The summed E-state index contributed by atoms with van der Waals surface area (Å²) in [4.78, 5) is 19.7. The van der Waals surface area contributed by atoms with Crippen LogP contribution in [0, 0.1) is 6.92 Å². The monoisotopic (exact) mass is 440 g/mol. The van der Waals surface area contributed by atoms with Gasteiger partial charge in [0.05, 0.1) is 29.7 Å². The molecule has 0 radical (unpaired) electrons. The van der Waals surface area contributed by atoms with Crippen LogP contribution in [0.5, 0.6) is 0 Å². The van der Waals surface area contributed by atoms with E-state index in [1.165, 1.54) is 0 Å². The SMILES string of the molecule is COCCN(C)c1ccc(NC(=O)c2cc(-c3ccccc3)n(-c3ccccc3)c2C)cn1. The van der Waals surface area contributed by atoms with Crippen molar-refractivity contribution in [3.05, 3.63) is 96.3 Å². The molecule has 1 N–H and O–H groups in total. The zero-order valence-corrected chi connectivity index (χ0v) is 19.2. The maximum Gasteiger partial charge on any atom is 0.257 e. The summed E-state index contributed by atoms with van der Waals surface area (Å²) in [5.41, 5.74) is 5.18. The maximum absolute atomic E-state index is 13.2. The van der Waals surface area contributed by atoms with Gasteiger partial charge in [0, 0.05) is 32.1 Å². The molecule has 0 aliphatic heterocycles. The van der Waals surface area contributed by atoms with Crippen molar-refractivity contribution in [1.82, 2.24) is 9.55 Å². The molecule has 4 aromatic rings. The van der Waals surface area contributed by atoms with Crippen LogP contribution >= 0.6 is 0 Å². The Morgan fingerprint density at radius 2 is 1.73 bits per heavy atom. The first-order valence-electron chi connectivity index (χ1n) is 10.9. The first kappa shape index (κ1) is 22.3. The summed E-state index contributed by atoms with van der Waals surface area (Å²) in [7, 11) is 3.64. The van der Waals surface area contributed by atoms with E-state index >= 15 is 0 Å². The number of aromatic nitrogens is 2. The first-order chi connectivity index (χ1) is 16.1. The van der Waals surface area contributed by atoms with Crippen LogP contribution in [0.2, 0.25) is 0 Å². The molecule has 0 aliphatic rings. The van der Waals surface area contributed by atoms with Crippen LogP contribution in [0.25, 0.3) is 16.9 Å². The number of anilines is 2. The Labute approximate surface area is 194 Å².